The molecule has 1 saturated carbocycles. The standard InChI is InChI=1S/C27H33N7O3S2/c1-2-24-28-21-5-3-4-6-23(21)34(24)27-29-22-17-19(38-25(22)26(30-27)32-13-15-37-16-14-32)18-31-9-11-33(12-10-31)39(35,36)20-7-8-20/h3-6,17,20H,2,7-16,18H2,1H3. The summed E-state index contributed by atoms with van der Waals surface area (Å²) in [4.78, 5) is 21.0. The molecule has 5 heterocycles. The quantitative estimate of drug-likeness (QED) is 0.336. The van der Waals surface area contributed by atoms with E-state index in [1.807, 2.05) is 18.2 Å². The largest absolute Gasteiger partial charge is 0.378 e. The minimum Gasteiger partial charge on any atom is -0.378 e. The van der Waals surface area contributed by atoms with Gasteiger partial charge in [0.15, 0.2) is 5.82 Å². The predicted octanol–water partition coefficient (Wildman–Crippen LogP) is 3.04. The van der Waals surface area contributed by atoms with E-state index in [-0.39, 0.29) is 5.25 Å². The first-order chi connectivity index (χ1) is 19.0. The van der Waals surface area contributed by atoms with Gasteiger partial charge in [-0.05, 0) is 31.0 Å². The Bertz CT molecular complexity index is 1620. The van der Waals surface area contributed by atoms with Crippen LogP contribution in [-0.2, 0) is 27.7 Å². The number of rotatable bonds is 7. The topological polar surface area (TPSA) is 96.7 Å². The maximum atomic E-state index is 12.6. The zero-order valence-corrected chi connectivity index (χ0v) is 23.8. The van der Waals surface area contributed by atoms with Gasteiger partial charge < -0.3 is 9.64 Å². The van der Waals surface area contributed by atoms with Gasteiger partial charge in [0.1, 0.15) is 5.82 Å². The molecule has 7 rings (SSSR count). The van der Waals surface area contributed by atoms with Gasteiger partial charge in [0.25, 0.3) is 0 Å². The third kappa shape index (κ3) is 4.71. The first-order valence-corrected chi connectivity index (χ1v) is 16.1. The lowest BCUT2D eigenvalue weighted by atomic mass is 10.3. The van der Waals surface area contributed by atoms with Crippen LogP contribution in [0.15, 0.2) is 30.3 Å². The van der Waals surface area contributed by atoms with Crippen LogP contribution in [0.5, 0.6) is 0 Å². The van der Waals surface area contributed by atoms with Crippen molar-refractivity contribution in [2.45, 2.75) is 38.0 Å². The third-order valence-corrected chi connectivity index (χ3v) is 11.4. The summed E-state index contributed by atoms with van der Waals surface area (Å²) >= 11 is 1.75. The van der Waals surface area contributed by atoms with Gasteiger partial charge in [-0.15, -0.1) is 11.3 Å². The number of fused-ring (bicyclic) bond motifs is 2. The average Bonchev–Trinajstić information content (AvgIpc) is 3.65. The monoisotopic (exact) mass is 567 g/mol. The van der Waals surface area contributed by atoms with Gasteiger partial charge in [-0.25, -0.2) is 18.4 Å². The van der Waals surface area contributed by atoms with E-state index in [0.29, 0.717) is 32.3 Å². The zero-order valence-electron chi connectivity index (χ0n) is 22.1. The average molecular weight is 568 g/mol. The van der Waals surface area contributed by atoms with Crippen LogP contribution in [0.1, 0.15) is 30.5 Å². The summed E-state index contributed by atoms with van der Waals surface area (Å²) < 4.78 is 35.8. The minimum absolute atomic E-state index is 0.140. The van der Waals surface area contributed by atoms with E-state index in [9.17, 15) is 8.42 Å². The van der Waals surface area contributed by atoms with E-state index in [0.717, 1.165) is 84.9 Å². The number of morpholine rings is 1. The molecule has 3 fully saturated rings. The van der Waals surface area contributed by atoms with Crippen molar-refractivity contribution in [3.63, 3.8) is 0 Å². The fourth-order valence-electron chi connectivity index (χ4n) is 5.60. The Balaban J connectivity index is 1.22. The number of sulfonamides is 1. The van der Waals surface area contributed by atoms with Crippen LogP contribution in [0, 0.1) is 0 Å². The van der Waals surface area contributed by atoms with Crippen LogP contribution in [0.3, 0.4) is 0 Å². The molecule has 2 saturated heterocycles. The Labute approximate surface area is 232 Å². The van der Waals surface area contributed by atoms with Crippen LogP contribution in [0.25, 0.3) is 27.2 Å². The smallest absolute Gasteiger partial charge is 0.238 e. The third-order valence-electron chi connectivity index (χ3n) is 7.87. The summed E-state index contributed by atoms with van der Waals surface area (Å²) in [6.45, 7) is 8.47. The van der Waals surface area contributed by atoms with Gasteiger partial charge in [-0.2, -0.15) is 9.29 Å². The van der Waals surface area contributed by atoms with E-state index in [1.165, 1.54) is 4.88 Å². The number of ether oxygens (including phenoxy) is 1. The fraction of sp³-hybridized carbons (Fsp3) is 0.519. The van der Waals surface area contributed by atoms with Crippen LogP contribution in [0.2, 0.25) is 0 Å². The van der Waals surface area contributed by atoms with Gasteiger partial charge in [0.05, 0.1) is 39.7 Å². The van der Waals surface area contributed by atoms with Crippen molar-refractivity contribution in [1.82, 2.24) is 28.7 Å². The number of hydrogen-bond acceptors (Lipinski definition) is 9. The van der Waals surface area contributed by atoms with Crippen molar-refractivity contribution in [3.05, 3.63) is 41.0 Å². The summed E-state index contributed by atoms with van der Waals surface area (Å²) in [5.74, 6) is 2.55. The van der Waals surface area contributed by atoms with Crippen molar-refractivity contribution in [1.29, 1.82) is 0 Å². The molecule has 39 heavy (non-hydrogen) atoms. The van der Waals surface area contributed by atoms with E-state index in [1.54, 1.807) is 15.6 Å². The van der Waals surface area contributed by atoms with Crippen LogP contribution in [-0.4, -0.2) is 94.9 Å². The van der Waals surface area contributed by atoms with Crippen molar-refractivity contribution in [2.24, 2.45) is 0 Å². The molecule has 1 aromatic carbocycles. The molecule has 0 atom stereocenters. The summed E-state index contributed by atoms with van der Waals surface area (Å²) in [5.41, 5.74) is 2.90. The number of hydrogen-bond donors (Lipinski definition) is 0. The van der Waals surface area contributed by atoms with Gasteiger partial charge in [0, 0.05) is 57.1 Å². The Morgan fingerprint density at radius 3 is 2.49 bits per heavy atom. The SMILES string of the molecule is CCc1nc2ccccc2n1-c1nc(N2CCOCC2)c2sc(CN3CCN(S(=O)(=O)C4CC4)CC3)cc2n1. The molecule has 0 N–H and O–H groups in total. The Hall–Kier alpha value is -2.64. The van der Waals surface area contributed by atoms with Crippen LogP contribution >= 0.6 is 11.3 Å². The zero-order chi connectivity index (χ0) is 26.6. The number of thiophene rings is 1. The molecule has 10 nitrogen and oxygen atoms in total. The molecule has 0 radical (unpaired) electrons. The first kappa shape index (κ1) is 25.3. The highest BCUT2D eigenvalue weighted by atomic mass is 32.2. The highest BCUT2D eigenvalue weighted by molar-refractivity contribution is 7.90. The molecule has 206 valence electrons. The predicted molar refractivity (Wildman–Crippen MR) is 153 cm³/mol. The van der Waals surface area contributed by atoms with Crippen molar-refractivity contribution < 1.29 is 13.2 Å². The maximum Gasteiger partial charge on any atom is 0.238 e. The number of anilines is 1. The molecule has 12 heteroatoms. The van der Waals surface area contributed by atoms with Crippen LogP contribution < -0.4 is 4.90 Å². The molecule has 0 bridgehead atoms. The number of para-hydroxylation sites is 2. The van der Waals surface area contributed by atoms with Crippen molar-refractivity contribution >= 4 is 48.4 Å². The molecule has 0 amide bonds. The van der Waals surface area contributed by atoms with Gasteiger partial charge in [-0.1, -0.05) is 19.1 Å². The molecular formula is C27H33N7O3S2. The second-order valence-electron chi connectivity index (χ2n) is 10.5. The number of aromatic nitrogens is 4. The van der Waals surface area contributed by atoms with Crippen LogP contribution in [0.4, 0.5) is 5.82 Å². The number of benzene rings is 1. The lowest BCUT2D eigenvalue weighted by molar-refractivity contribution is 0.122. The van der Waals surface area contributed by atoms with E-state index in [2.05, 4.69) is 33.4 Å². The maximum absolute atomic E-state index is 12.6. The fourth-order valence-corrected chi connectivity index (χ4v) is 8.58. The molecule has 1 aliphatic carbocycles. The summed E-state index contributed by atoms with van der Waals surface area (Å²) in [5, 5.41) is -0.140. The minimum atomic E-state index is -3.10. The second-order valence-corrected chi connectivity index (χ2v) is 13.8. The molecule has 0 unspecified atom stereocenters. The molecule has 4 aromatic rings. The van der Waals surface area contributed by atoms with Gasteiger partial charge in [-0.3, -0.25) is 9.47 Å². The molecule has 3 aliphatic rings. The highest BCUT2D eigenvalue weighted by Gasteiger charge is 2.41. The van der Waals surface area contributed by atoms with Crippen molar-refractivity contribution in [3.8, 4) is 5.95 Å². The number of aryl methyl sites for hydroxylation is 1. The first-order valence-electron chi connectivity index (χ1n) is 13.8. The Morgan fingerprint density at radius 2 is 1.74 bits per heavy atom. The summed E-state index contributed by atoms with van der Waals surface area (Å²) in [6.07, 6.45) is 2.40. The normalized spacial score (nSPS) is 19.9. The van der Waals surface area contributed by atoms with Gasteiger partial charge in [0.2, 0.25) is 16.0 Å². The Morgan fingerprint density at radius 1 is 0.974 bits per heavy atom. The lowest BCUT2D eigenvalue weighted by Gasteiger charge is -2.33. The highest BCUT2D eigenvalue weighted by Crippen LogP contribution is 2.35. The lowest BCUT2D eigenvalue weighted by Crippen LogP contribution is -2.49. The summed E-state index contributed by atoms with van der Waals surface area (Å²) in [6, 6.07) is 10.3. The molecule has 2 aliphatic heterocycles. The summed E-state index contributed by atoms with van der Waals surface area (Å²) in [7, 11) is -3.10. The molecule has 3 aromatic heterocycles. The number of nitrogens with zero attached hydrogens (tertiary/aromatic N) is 7. The van der Waals surface area contributed by atoms with Crippen molar-refractivity contribution in [2.75, 3.05) is 57.4 Å². The number of piperazine rings is 1. The van der Waals surface area contributed by atoms with E-state index < -0.39 is 10.0 Å². The second kappa shape index (κ2) is 10.1. The Kier molecular flexibility index (Phi) is 6.55. The van der Waals surface area contributed by atoms with E-state index >= 15 is 0 Å². The number of imidazole rings is 1. The van der Waals surface area contributed by atoms with Gasteiger partial charge >= 0.3 is 0 Å². The molecular weight excluding hydrogens is 534 g/mol. The molecule has 0 spiro atoms. The van der Waals surface area contributed by atoms with E-state index in [4.69, 9.17) is 19.7 Å².